The van der Waals surface area contributed by atoms with Gasteiger partial charge in [-0.3, -0.25) is 4.79 Å². The Bertz CT molecular complexity index is 881. The molecule has 0 saturated heterocycles. The van der Waals surface area contributed by atoms with Crippen LogP contribution in [0.1, 0.15) is 0 Å². The van der Waals surface area contributed by atoms with Crippen LogP contribution in [-0.2, 0) is 0 Å². The Kier molecular flexibility index (Phi) is 3.47. The third-order valence-corrected chi connectivity index (χ3v) is 3.40. The van der Waals surface area contributed by atoms with Crippen LogP contribution in [0.5, 0.6) is 17.2 Å². The molecule has 5 heteroatoms. The molecule has 3 rings (SSSR count). The Labute approximate surface area is 126 Å². The van der Waals surface area contributed by atoms with Gasteiger partial charge in [0.2, 0.25) is 11.2 Å². The maximum absolute atomic E-state index is 12.6. The van der Waals surface area contributed by atoms with Crippen LogP contribution in [0.2, 0.25) is 0 Å². The second-order valence-electron chi connectivity index (χ2n) is 4.65. The molecule has 1 aromatic heterocycles. The van der Waals surface area contributed by atoms with Crippen LogP contribution in [-0.4, -0.2) is 19.3 Å². The van der Waals surface area contributed by atoms with Gasteiger partial charge in [0.15, 0.2) is 17.1 Å². The topological polar surface area (TPSA) is 68.9 Å². The average molecular weight is 298 g/mol. The van der Waals surface area contributed by atoms with E-state index in [0.29, 0.717) is 17.1 Å². The number of fused-ring (bicyclic) bond motifs is 1. The molecule has 22 heavy (non-hydrogen) atoms. The lowest BCUT2D eigenvalue weighted by Crippen LogP contribution is -2.08. The van der Waals surface area contributed by atoms with Gasteiger partial charge in [-0.15, -0.1) is 0 Å². The van der Waals surface area contributed by atoms with E-state index in [9.17, 15) is 9.90 Å². The Hall–Kier alpha value is -2.95. The van der Waals surface area contributed by atoms with Gasteiger partial charge in [-0.25, -0.2) is 0 Å². The van der Waals surface area contributed by atoms with Crippen LogP contribution in [0.3, 0.4) is 0 Å². The Morgan fingerprint density at radius 2 is 1.73 bits per heavy atom. The third kappa shape index (κ3) is 2.07. The maximum Gasteiger partial charge on any atom is 0.239 e. The molecule has 0 unspecified atom stereocenters. The van der Waals surface area contributed by atoms with Gasteiger partial charge >= 0.3 is 0 Å². The summed E-state index contributed by atoms with van der Waals surface area (Å²) >= 11 is 0. The lowest BCUT2D eigenvalue weighted by molar-refractivity contribution is 0.389. The number of hydrogen-bond acceptors (Lipinski definition) is 5. The Morgan fingerprint density at radius 1 is 1.00 bits per heavy atom. The quantitative estimate of drug-likeness (QED) is 0.804. The smallest absolute Gasteiger partial charge is 0.239 e. The van der Waals surface area contributed by atoms with Crippen LogP contribution < -0.4 is 14.9 Å². The van der Waals surface area contributed by atoms with Crippen molar-refractivity contribution in [2.45, 2.75) is 0 Å². The molecule has 0 radical (unpaired) electrons. The molecule has 0 aliphatic rings. The number of phenols is 1. The van der Waals surface area contributed by atoms with Crippen molar-refractivity contribution in [3.8, 4) is 28.6 Å². The summed E-state index contributed by atoms with van der Waals surface area (Å²) in [6.45, 7) is 0. The van der Waals surface area contributed by atoms with E-state index in [1.165, 1.54) is 20.3 Å². The van der Waals surface area contributed by atoms with Crippen molar-refractivity contribution in [1.82, 2.24) is 0 Å². The molecule has 0 bridgehead atoms. The van der Waals surface area contributed by atoms with E-state index in [2.05, 4.69) is 0 Å². The molecule has 112 valence electrons. The maximum atomic E-state index is 12.6. The fourth-order valence-corrected chi connectivity index (χ4v) is 2.36. The van der Waals surface area contributed by atoms with Crippen LogP contribution in [0.15, 0.2) is 51.7 Å². The zero-order chi connectivity index (χ0) is 15.7. The third-order valence-electron chi connectivity index (χ3n) is 3.40. The van der Waals surface area contributed by atoms with Gasteiger partial charge in [-0.1, -0.05) is 30.3 Å². The first-order valence-electron chi connectivity index (χ1n) is 6.63. The predicted octanol–water partition coefficient (Wildman–Crippen LogP) is 3.18. The van der Waals surface area contributed by atoms with E-state index >= 15 is 0 Å². The Morgan fingerprint density at radius 3 is 2.36 bits per heavy atom. The minimum Gasteiger partial charge on any atom is -0.507 e. The summed E-state index contributed by atoms with van der Waals surface area (Å²) in [5.41, 5.74) is 0.440. The number of methoxy groups -OCH3 is 2. The normalized spacial score (nSPS) is 10.6. The fourth-order valence-electron chi connectivity index (χ4n) is 2.36. The van der Waals surface area contributed by atoms with Gasteiger partial charge in [0.1, 0.15) is 11.1 Å². The summed E-state index contributed by atoms with van der Waals surface area (Å²) in [5.74, 6) is 0.527. The molecular weight excluding hydrogens is 284 g/mol. The van der Waals surface area contributed by atoms with E-state index in [-0.39, 0.29) is 22.5 Å². The number of aromatic hydroxyl groups is 1. The van der Waals surface area contributed by atoms with Gasteiger partial charge in [-0.2, -0.15) is 0 Å². The second-order valence-corrected chi connectivity index (χ2v) is 4.65. The summed E-state index contributed by atoms with van der Waals surface area (Å²) < 4.78 is 16.3. The highest BCUT2D eigenvalue weighted by molar-refractivity contribution is 5.91. The van der Waals surface area contributed by atoms with Crippen molar-refractivity contribution in [3.05, 3.63) is 52.7 Å². The van der Waals surface area contributed by atoms with Crippen molar-refractivity contribution in [1.29, 1.82) is 0 Å². The number of rotatable bonds is 3. The van der Waals surface area contributed by atoms with Gasteiger partial charge in [0, 0.05) is 5.56 Å². The summed E-state index contributed by atoms with van der Waals surface area (Å²) in [4.78, 5) is 12.6. The first kappa shape index (κ1) is 14.0. The highest BCUT2D eigenvalue weighted by atomic mass is 16.5. The van der Waals surface area contributed by atoms with Crippen LogP contribution in [0.4, 0.5) is 0 Å². The molecule has 2 aromatic carbocycles. The van der Waals surface area contributed by atoms with Crippen molar-refractivity contribution >= 4 is 11.0 Å². The highest BCUT2D eigenvalue weighted by Crippen LogP contribution is 2.37. The first-order chi connectivity index (χ1) is 10.7. The van der Waals surface area contributed by atoms with Crippen molar-refractivity contribution in [2.24, 2.45) is 0 Å². The van der Waals surface area contributed by atoms with Crippen molar-refractivity contribution in [3.63, 3.8) is 0 Å². The summed E-state index contributed by atoms with van der Waals surface area (Å²) in [6.07, 6.45) is 0. The first-order valence-corrected chi connectivity index (χ1v) is 6.63. The van der Waals surface area contributed by atoms with E-state index < -0.39 is 5.43 Å². The lowest BCUT2D eigenvalue weighted by atomic mass is 10.1. The molecule has 0 fully saturated rings. The SMILES string of the molecule is COc1c(-c2ccccc2)oc2c(OC)ccc(O)c2c1=O. The standard InChI is InChI=1S/C17H14O5/c1-20-12-9-8-11(18)13-14(19)17(21-2)15(22-16(12)13)10-6-4-3-5-7-10/h3-9,18H,1-2H3. The number of benzene rings is 2. The van der Waals surface area contributed by atoms with Gasteiger partial charge in [0.05, 0.1) is 14.2 Å². The van der Waals surface area contributed by atoms with Crippen molar-refractivity contribution in [2.75, 3.05) is 14.2 Å². The molecule has 0 aliphatic carbocycles. The van der Waals surface area contributed by atoms with E-state index in [1.807, 2.05) is 30.3 Å². The molecule has 0 atom stereocenters. The monoisotopic (exact) mass is 298 g/mol. The molecule has 0 spiro atoms. The van der Waals surface area contributed by atoms with Gasteiger partial charge in [0.25, 0.3) is 0 Å². The molecule has 3 aromatic rings. The second kappa shape index (κ2) is 5.44. The molecular formula is C17H14O5. The summed E-state index contributed by atoms with van der Waals surface area (Å²) in [7, 11) is 2.86. The van der Waals surface area contributed by atoms with Crippen molar-refractivity contribution < 1.29 is 19.0 Å². The van der Waals surface area contributed by atoms with Crippen LogP contribution in [0.25, 0.3) is 22.3 Å². The zero-order valence-corrected chi connectivity index (χ0v) is 12.1. The minimum atomic E-state index is -0.445. The van der Waals surface area contributed by atoms with E-state index in [4.69, 9.17) is 13.9 Å². The average Bonchev–Trinajstić information content (AvgIpc) is 2.55. The number of ether oxygens (including phenoxy) is 2. The lowest BCUT2D eigenvalue weighted by Gasteiger charge is -2.11. The number of phenolic OH excluding ortho intramolecular Hbond substituents is 1. The fraction of sp³-hybridized carbons (Fsp3) is 0.118. The summed E-state index contributed by atoms with van der Waals surface area (Å²) in [5, 5.41) is 10.0. The summed E-state index contributed by atoms with van der Waals surface area (Å²) in [6, 6.07) is 12.1. The van der Waals surface area contributed by atoms with E-state index in [0.717, 1.165) is 0 Å². The minimum absolute atomic E-state index is 0.0379. The van der Waals surface area contributed by atoms with Gasteiger partial charge < -0.3 is 19.0 Å². The van der Waals surface area contributed by atoms with Crippen LogP contribution >= 0.6 is 0 Å². The highest BCUT2D eigenvalue weighted by Gasteiger charge is 2.21. The molecule has 0 aliphatic heterocycles. The molecule has 1 heterocycles. The molecule has 1 N–H and O–H groups in total. The number of hydrogen-bond donors (Lipinski definition) is 1. The Balaban J connectivity index is 2.46. The molecule has 0 saturated carbocycles. The van der Waals surface area contributed by atoms with Crippen LogP contribution in [0, 0.1) is 0 Å². The van der Waals surface area contributed by atoms with Gasteiger partial charge in [-0.05, 0) is 12.1 Å². The molecule has 5 nitrogen and oxygen atoms in total. The molecule has 0 amide bonds. The largest absolute Gasteiger partial charge is 0.507 e. The zero-order valence-electron chi connectivity index (χ0n) is 12.1. The van der Waals surface area contributed by atoms with E-state index in [1.54, 1.807) is 6.07 Å². The predicted molar refractivity (Wildman–Crippen MR) is 82.7 cm³/mol.